The van der Waals surface area contributed by atoms with Gasteiger partial charge < -0.3 is 4.74 Å². The van der Waals surface area contributed by atoms with E-state index in [1.807, 2.05) is 13.8 Å². The third-order valence-corrected chi connectivity index (χ3v) is 3.47. The molecule has 0 aromatic heterocycles. The molecule has 0 saturated carbocycles. The highest BCUT2D eigenvalue weighted by molar-refractivity contribution is 7.74. The minimum Gasteiger partial charge on any atom is -0.449 e. The van der Waals surface area contributed by atoms with Gasteiger partial charge in [0, 0.05) is 7.92 Å². The maximum Gasteiger partial charge on any atom is 0.327 e. The first-order chi connectivity index (χ1) is 5.26. The second-order valence-corrected chi connectivity index (χ2v) is 4.64. The first-order valence-corrected chi connectivity index (χ1v) is 5.32. The van der Waals surface area contributed by atoms with Crippen molar-refractivity contribution in [2.75, 3.05) is 18.9 Å². The van der Waals surface area contributed by atoms with Gasteiger partial charge in [0.1, 0.15) is 0 Å². The fourth-order valence-corrected chi connectivity index (χ4v) is 1.89. The minimum absolute atomic E-state index is 0.108. The van der Waals surface area contributed by atoms with E-state index in [0.717, 1.165) is 12.3 Å². The van der Waals surface area contributed by atoms with Crippen molar-refractivity contribution in [3.8, 4) is 12.3 Å². The largest absolute Gasteiger partial charge is 0.449 e. The molecule has 0 bridgehead atoms. The van der Waals surface area contributed by atoms with Gasteiger partial charge in [0.15, 0.2) is 6.61 Å². The molecule has 3 heteroatoms. The summed E-state index contributed by atoms with van der Waals surface area (Å²) in [7, 11) is -0.586. The molecular weight excluding hydrogens is 159 g/mol. The van der Waals surface area contributed by atoms with Crippen LogP contribution in [0.2, 0.25) is 0 Å². The highest BCUT2D eigenvalue weighted by Crippen LogP contribution is 2.36. The predicted molar refractivity (Wildman–Crippen MR) is 48.2 cm³/mol. The van der Waals surface area contributed by atoms with Crippen LogP contribution in [0.3, 0.4) is 0 Å². The van der Waals surface area contributed by atoms with Crippen LogP contribution >= 0.6 is 7.92 Å². The van der Waals surface area contributed by atoms with Crippen LogP contribution in [0.4, 0.5) is 4.79 Å². The molecule has 0 spiro atoms. The van der Waals surface area contributed by atoms with E-state index in [9.17, 15) is 4.79 Å². The molecule has 62 valence electrons. The first-order valence-electron chi connectivity index (χ1n) is 3.61. The van der Waals surface area contributed by atoms with Crippen LogP contribution in [0.5, 0.6) is 0 Å². The third-order valence-electron chi connectivity index (χ3n) is 1.30. The van der Waals surface area contributed by atoms with Gasteiger partial charge in [-0.3, -0.25) is 0 Å². The Labute approximate surface area is 69.1 Å². The van der Waals surface area contributed by atoms with Gasteiger partial charge in [-0.15, -0.1) is 6.42 Å². The second-order valence-electron chi connectivity index (χ2n) is 1.93. The molecule has 0 aliphatic carbocycles. The highest BCUT2D eigenvalue weighted by Gasteiger charge is 2.13. The number of hydrogen-bond acceptors (Lipinski definition) is 2. The van der Waals surface area contributed by atoms with Gasteiger partial charge in [-0.05, 0) is 12.3 Å². The van der Waals surface area contributed by atoms with E-state index in [2.05, 4.69) is 5.92 Å². The molecule has 0 aliphatic heterocycles. The molecule has 2 nitrogen and oxygen atoms in total. The summed E-state index contributed by atoms with van der Waals surface area (Å²) in [6.45, 7) is 4.09. The van der Waals surface area contributed by atoms with Crippen LogP contribution < -0.4 is 0 Å². The first kappa shape index (κ1) is 10.5. The van der Waals surface area contributed by atoms with Gasteiger partial charge in [0.2, 0.25) is 0 Å². The monoisotopic (exact) mass is 172 g/mol. The number of hydrogen-bond donors (Lipinski definition) is 0. The van der Waals surface area contributed by atoms with Crippen molar-refractivity contribution in [1.29, 1.82) is 0 Å². The van der Waals surface area contributed by atoms with Crippen molar-refractivity contribution in [3.05, 3.63) is 0 Å². The quantitative estimate of drug-likeness (QED) is 0.480. The van der Waals surface area contributed by atoms with Crippen molar-refractivity contribution in [3.63, 3.8) is 0 Å². The molecule has 0 radical (unpaired) electrons. The lowest BCUT2D eigenvalue weighted by molar-refractivity contribution is 0.188. The second kappa shape index (κ2) is 6.19. The number of carbonyl (C=O) groups is 1. The molecule has 0 aromatic carbocycles. The summed E-state index contributed by atoms with van der Waals surface area (Å²) in [6.07, 6.45) is 6.71. The predicted octanol–water partition coefficient (Wildman–Crippen LogP) is 2.28. The average Bonchev–Trinajstić information content (AvgIpc) is 2.03. The summed E-state index contributed by atoms with van der Waals surface area (Å²) in [6, 6.07) is 0. The number of carbonyl (C=O) groups excluding carboxylic acids is 1. The Hall–Kier alpha value is -0.540. The molecule has 0 atom stereocenters. The fraction of sp³-hybridized carbons (Fsp3) is 0.625. The molecule has 0 fully saturated rings. The fourth-order valence-electron chi connectivity index (χ4n) is 0.676. The Morgan fingerprint density at radius 1 is 1.55 bits per heavy atom. The molecular formula is C8H13O2P. The average molecular weight is 172 g/mol. The van der Waals surface area contributed by atoms with Crippen molar-refractivity contribution < 1.29 is 9.53 Å². The standard InChI is InChI=1S/C8H13O2P/c1-4-7-10-8(9)11(5-2)6-3/h1H,5-7H2,2-3H3. The van der Waals surface area contributed by atoms with E-state index in [1.54, 1.807) is 0 Å². The van der Waals surface area contributed by atoms with Gasteiger partial charge in [-0.25, -0.2) is 4.79 Å². The minimum atomic E-state index is -0.586. The van der Waals surface area contributed by atoms with Crippen LogP contribution in [-0.4, -0.2) is 24.6 Å². The maximum atomic E-state index is 11.1. The molecule has 0 aromatic rings. The van der Waals surface area contributed by atoms with Crippen molar-refractivity contribution in [1.82, 2.24) is 0 Å². The number of ether oxygens (including phenoxy) is 1. The zero-order valence-corrected chi connectivity index (χ0v) is 7.86. The Morgan fingerprint density at radius 2 is 2.09 bits per heavy atom. The molecule has 0 N–H and O–H groups in total. The zero-order chi connectivity index (χ0) is 8.69. The Bertz CT molecular complexity index is 156. The molecule has 0 saturated heterocycles. The summed E-state index contributed by atoms with van der Waals surface area (Å²) in [5, 5.41) is 0. The highest BCUT2D eigenvalue weighted by atomic mass is 31.1. The van der Waals surface area contributed by atoms with Crippen LogP contribution in [-0.2, 0) is 4.74 Å². The van der Waals surface area contributed by atoms with Crippen LogP contribution in [0.25, 0.3) is 0 Å². The normalized spacial score (nSPS) is 9.27. The van der Waals surface area contributed by atoms with E-state index in [1.165, 1.54) is 0 Å². The summed E-state index contributed by atoms with van der Waals surface area (Å²) < 4.78 is 4.79. The lowest BCUT2D eigenvalue weighted by Crippen LogP contribution is -2.03. The smallest absolute Gasteiger partial charge is 0.327 e. The van der Waals surface area contributed by atoms with Gasteiger partial charge in [-0.1, -0.05) is 19.8 Å². The molecule has 0 unspecified atom stereocenters. The van der Waals surface area contributed by atoms with Gasteiger partial charge in [-0.2, -0.15) is 0 Å². The van der Waals surface area contributed by atoms with Crippen LogP contribution in [0, 0.1) is 12.3 Å². The summed E-state index contributed by atoms with van der Waals surface area (Å²) in [5.74, 6) is 2.27. The van der Waals surface area contributed by atoms with Gasteiger partial charge >= 0.3 is 5.71 Å². The van der Waals surface area contributed by atoms with Crippen molar-refractivity contribution >= 4 is 13.6 Å². The van der Waals surface area contributed by atoms with Gasteiger partial charge in [0.05, 0.1) is 0 Å². The van der Waals surface area contributed by atoms with Gasteiger partial charge in [0.25, 0.3) is 0 Å². The Balaban J connectivity index is 3.72. The van der Waals surface area contributed by atoms with E-state index in [4.69, 9.17) is 11.2 Å². The molecule has 0 aliphatic rings. The zero-order valence-electron chi connectivity index (χ0n) is 6.96. The maximum absolute atomic E-state index is 11.1. The number of terminal acetylenes is 1. The molecule has 0 amide bonds. The van der Waals surface area contributed by atoms with Crippen molar-refractivity contribution in [2.24, 2.45) is 0 Å². The lowest BCUT2D eigenvalue weighted by Gasteiger charge is -2.09. The SMILES string of the molecule is C#CCOC(=O)P(CC)CC. The Morgan fingerprint density at radius 3 is 2.45 bits per heavy atom. The van der Waals surface area contributed by atoms with E-state index >= 15 is 0 Å². The number of rotatable bonds is 4. The molecule has 11 heavy (non-hydrogen) atoms. The van der Waals surface area contributed by atoms with Crippen molar-refractivity contribution in [2.45, 2.75) is 13.8 Å². The summed E-state index contributed by atoms with van der Waals surface area (Å²) in [4.78, 5) is 11.1. The van der Waals surface area contributed by atoms with E-state index in [-0.39, 0.29) is 12.3 Å². The Kier molecular flexibility index (Phi) is 5.88. The topological polar surface area (TPSA) is 26.3 Å². The lowest BCUT2D eigenvalue weighted by atomic mass is 10.8. The van der Waals surface area contributed by atoms with E-state index < -0.39 is 7.92 Å². The van der Waals surface area contributed by atoms with E-state index in [0.29, 0.717) is 0 Å². The third kappa shape index (κ3) is 4.01. The summed E-state index contributed by atoms with van der Waals surface area (Å²) in [5.41, 5.74) is -0.108. The molecule has 0 heterocycles. The van der Waals surface area contributed by atoms with Crippen LogP contribution in [0.15, 0.2) is 0 Å². The van der Waals surface area contributed by atoms with Crippen LogP contribution in [0.1, 0.15) is 13.8 Å². The molecule has 0 rings (SSSR count). The summed E-state index contributed by atoms with van der Waals surface area (Å²) >= 11 is 0.